The summed E-state index contributed by atoms with van der Waals surface area (Å²) in [5.74, 6) is 0. The quantitative estimate of drug-likeness (QED) is 0.362. The first kappa shape index (κ1) is 5.37. The molecule has 1 rings (SSSR count). The molecule has 1 aliphatic rings. The maximum Gasteiger partial charge on any atom is 0.510 e. The van der Waals surface area contributed by atoms with E-state index in [1.807, 2.05) is 0 Å². The lowest BCUT2D eigenvalue weighted by molar-refractivity contribution is 0.0360. The van der Waals surface area contributed by atoms with Crippen LogP contribution in [-0.4, -0.2) is 26.2 Å². The molecule has 0 saturated carbocycles. The van der Waals surface area contributed by atoms with Crippen LogP contribution in [0.2, 0.25) is 0 Å². The van der Waals surface area contributed by atoms with Crippen LogP contribution < -0.4 is 0 Å². The van der Waals surface area contributed by atoms with Gasteiger partial charge in [-0.1, -0.05) is 0 Å². The first-order valence-electron chi connectivity index (χ1n) is 2.19. The van der Waals surface area contributed by atoms with Gasteiger partial charge in [-0.3, -0.25) is 0 Å². The van der Waals surface area contributed by atoms with Gasteiger partial charge >= 0.3 is 6.16 Å². The Hall–Kier alpha value is -0.770. The van der Waals surface area contributed by atoms with Crippen molar-refractivity contribution in [3.63, 3.8) is 0 Å². The molecule has 1 atom stereocenters. The average Bonchev–Trinajstić information content (AvgIpc) is 2.50. The minimum atomic E-state index is -0.688. The van der Waals surface area contributed by atoms with Gasteiger partial charge in [-0.05, 0) is 0 Å². The molecule has 0 aromatic carbocycles. The summed E-state index contributed by atoms with van der Waals surface area (Å²) in [5, 5.41) is 0. The van der Waals surface area contributed by atoms with E-state index in [-0.39, 0.29) is 6.29 Å². The molecule has 8 heavy (non-hydrogen) atoms. The van der Waals surface area contributed by atoms with Crippen LogP contribution in [0.4, 0.5) is 4.79 Å². The SMILES string of the molecule is COC(=O)OC1CO1. The van der Waals surface area contributed by atoms with Crippen molar-refractivity contribution in [2.45, 2.75) is 6.29 Å². The van der Waals surface area contributed by atoms with Gasteiger partial charge in [0.1, 0.15) is 6.61 Å². The molecule has 0 spiro atoms. The van der Waals surface area contributed by atoms with Crippen LogP contribution in [0, 0.1) is 0 Å². The van der Waals surface area contributed by atoms with Gasteiger partial charge < -0.3 is 14.2 Å². The Kier molecular flexibility index (Phi) is 1.34. The molecule has 0 aliphatic carbocycles. The number of hydrogen-bond donors (Lipinski definition) is 0. The Bertz CT molecular complexity index is 96.2. The zero-order chi connectivity index (χ0) is 5.98. The van der Waals surface area contributed by atoms with Crippen molar-refractivity contribution in [3.8, 4) is 0 Å². The molecule has 1 fully saturated rings. The standard InChI is InChI=1S/C4H6O4/c1-6-4(5)8-3-2-7-3/h3H,2H2,1H3. The maximum absolute atomic E-state index is 10.1. The topological polar surface area (TPSA) is 48.1 Å². The van der Waals surface area contributed by atoms with Gasteiger partial charge in [0.05, 0.1) is 7.11 Å². The van der Waals surface area contributed by atoms with E-state index in [2.05, 4.69) is 14.2 Å². The molecule has 1 aliphatic heterocycles. The third kappa shape index (κ3) is 1.38. The number of carbonyl (C=O) groups is 1. The van der Waals surface area contributed by atoms with Crippen molar-refractivity contribution in [1.29, 1.82) is 0 Å². The van der Waals surface area contributed by atoms with Crippen LogP contribution in [0.3, 0.4) is 0 Å². The molecular weight excluding hydrogens is 112 g/mol. The number of epoxide rings is 1. The number of carbonyl (C=O) groups excluding carboxylic acids is 1. The van der Waals surface area contributed by atoms with Gasteiger partial charge in [0.25, 0.3) is 0 Å². The monoisotopic (exact) mass is 118 g/mol. The lowest BCUT2D eigenvalue weighted by atomic mass is 10.9. The molecule has 4 heteroatoms. The van der Waals surface area contributed by atoms with Crippen molar-refractivity contribution < 1.29 is 19.0 Å². The zero-order valence-electron chi connectivity index (χ0n) is 4.42. The minimum Gasteiger partial charge on any atom is -0.438 e. The van der Waals surface area contributed by atoms with E-state index in [1.54, 1.807) is 0 Å². The summed E-state index contributed by atoms with van der Waals surface area (Å²) in [6.07, 6.45) is -1.03. The summed E-state index contributed by atoms with van der Waals surface area (Å²) in [4.78, 5) is 10.1. The number of methoxy groups -OCH3 is 1. The number of ether oxygens (including phenoxy) is 3. The summed E-state index contributed by atoms with van der Waals surface area (Å²) in [6, 6.07) is 0. The molecule has 1 unspecified atom stereocenters. The van der Waals surface area contributed by atoms with Crippen molar-refractivity contribution in [1.82, 2.24) is 0 Å². The number of hydrogen-bond acceptors (Lipinski definition) is 4. The molecule has 4 nitrogen and oxygen atoms in total. The van der Waals surface area contributed by atoms with Gasteiger partial charge in [-0.25, -0.2) is 4.79 Å². The molecule has 0 amide bonds. The molecule has 0 aromatic rings. The van der Waals surface area contributed by atoms with Gasteiger partial charge in [0.15, 0.2) is 0 Å². The van der Waals surface area contributed by atoms with E-state index >= 15 is 0 Å². The fourth-order valence-electron chi connectivity index (χ4n) is 0.263. The second kappa shape index (κ2) is 2.00. The summed E-state index contributed by atoms with van der Waals surface area (Å²) in [5.41, 5.74) is 0. The van der Waals surface area contributed by atoms with E-state index in [9.17, 15) is 4.79 Å². The molecular formula is C4H6O4. The molecule has 1 saturated heterocycles. The van der Waals surface area contributed by atoms with E-state index in [1.165, 1.54) is 7.11 Å². The van der Waals surface area contributed by atoms with E-state index in [0.717, 1.165) is 0 Å². The van der Waals surface area contributed by atoms with Gasteiger partial charge in [-0.2, -0.15) is 0 Å². The molecule has 0 N–H and O–H groups in total. The second-order valence-corrected chi connectivity index (χ2v) is 1.33. The van der Waals surface area contributed by atoms with Crippen LogP contribution in [-0.2, 0) is 14.2 Å². The molecule has 0 aromatic heterocycles. The third-order valence-corrected chi connectivity index (χ3v) is 0.697. The van der Waals surface area contributed by atoms with Crippen LogP contribution in [0.5, 0.6) is 0 Å². The largest absolute Gasteiger partial charge is 0.510 e. The van der Waals surface area contributed by atoms with E-state index < -0.39 is 6.16 Å². The Morgan fingerprint density at radius 1 is 1.88 bits per heavy atom. The van der Waals surface area contributed by atoms with Crippen LogP contribution in [0.15, 0.2) is 0 Å². The van der Waals surface area contributed by atoms with Crippen LogP contribution in [0.25, 0.3) is 0 Å². The van der Waals surface area contributed by atoms with Crippen molar-refractivity contribution in [3.05, 3.63) is 0 Å². The second-order valence-electron chi connectivity index (χ2n) is 1.33. The fraction of sp³-hybridized carbons (Fsp3) is 0.750. The predicted molar refractivity (Wildman–Crippen MR) is 23.2 cm³/mol. The maximum atomic E-state index is 10.1. The van der Waals surface area contributed by atoms with E-state index in [0.29, 0.717) is 6.61 Å². The summed E-state index contributed by atoms with van der Waals surface area (Å²) < 4.78 is 13.1. The van der Waals surface area contributed by atoms with Crippen molar-refractivity contribution in [2.75, 3.05) is 13.7 Å². The lowest BCUT2D eigenvalue weighted by Crippen LogP contribution is -2.05. The highest BCUT2D eigenvalue weighted by Gasteiger charge is 2.27. The highest BCUT2D eigenvalue weighted by Crippen LogP contribution is 2.10. The summed E-state index contributed by atoms with van der Waals surface area (Å²) in [6.45, 7) is 0.495. The summed E-state index contributed by atoms with van der Waals surface area (Å²) in [7, 11) is 1.25. The smallest absolute Gasteiger partial charge is 0.438 e. The highest BCUT2D eigenvalue weighted by atomic mass is 16.8. The van der Waals surface area contributed by atoms with Gasteiger partial charge in [0, 0.05) is 0 Å². The van der Waals surface area contributed by atoms with Crippen LogP contribution in [0.1, 0.15) is 0 Å². The molecule has 0 bridgehead atoms. The third-order valence-electron chi connectivity index (χ3n) is 0.697. The molecule has 46 valence electrons. The van der Waals surface area contributed by atoms with E-state index in [4.69, 9.17) is 0 Å². The Labute approximate surface area is 46.3 Å². The predicted octanol–water partition coefficient (Wildman–Crippen LogP) is 0.126. The Morgan fingerprint density at radius 2 is 2.50 bits per heavy atom. The zero-order valence-corrected chi connectivity index (χ0v) is 4.42. The normalized spacial score (nSPS) is 24.4. The van der Waals surface area contributed by atoms with Gasteiger partial charge in [0.2, 0.25) is 6.29 Å². The number of rotatable bonds is 1. The Balaban J connectivity index is 2.07. The molecule has 0 radical (unpaired) electrons. The Morgan fingerprint density at radius 3 is 2.88 bits per heavy atom. The first-order valence-corrected chi connectivity index (χ1v) is 2.19. The fourth-order valence-corrected chi connectivity index (χ4v) is 0.263. The van der Waals surface area contributed by atoms with Crippen molar-refractivity contribution in [2.24, 2.45) is 0 Å². The van der Waals surface area contributed by atoms with Crippen molar-refractivity contribution >= 4 is 6.16 Å². The lowest BCUT2D eigenvalue weighted by Gasteiger charge is -1.94. The first-order chi connectivity index (χ1) is 3.83. The molecule has 1 heterocycles. The highest BCUT2D eigenvalue weighted by molar-refractivity contribution is 5.59. The van der Waals surface area contributed by atoms with Crippen LogP contribution >= 0.6 is 0 Å². The minimum absolute atomic E-state index is 0.345. The average molecular weight is 118 g/mol. The summed E-state index contributed by atoms with van der Waals surface area (Å²) >= 11 is 0. The van der Waals surface area contributed by atoms with Gasteiger partial charge in [-0.15, -0.1) is 0 Å².